The lowest BCUT2D eigenvalue weighted by atomic mass is 10.1. The predicted octanol–water partition coefficient (Wildman–Crippen LogP) is 3.52. The van der Waals surface area contributed by atoms with E-state index in [1.165, 1.54) is 18.2 Å². The van der Waals surface area contributed by atoms with Gasteiger partial charge in [0.1, 0.15) is 5.75 Å². The van der Waals surface area contributed by atoms with Gasteiger partial charge in [-0.1, -0.05) is 54.6 Å². The molecule has 7 nitrogen and oxygen atoms in total. The summed E-state index contributed by atoms with van der Waals surface area (Å²) in [5.74, 6) is -0.213. The summed E-state index contributed by atoms with van der Waals surface area (Å²) in [6.07, 6.45) is 0. The second-order valence-electron chi connectivity index (χ2n) is 6.13. The van der Waals surface area contributed by atoms with Crippen molar-refractivity contribution in [3.8, 4) is 16.9 Å². The maximum absolute atomic E-state index is 12.1. The number of fused-ring (bicyclic) bond motifs is 3. The summed E-state index contributed by atoms with van der Waals surface area (Å²) >= 11 is 0. The Balaban J connectivity index is 1.48. The maximum atomic E-state index is 12.1. The van der Waals surface area contributed by atoms with Crippen molar-refractivity contribution in [2.45, 2.75) is 0 Å². The lowest BCUT2D eigenvalue weighted by Crippen LogP contribution is -2.26. The number of hydrogen-bond acceptors (Lipinski definition) is 5. The van der Waals surface area contributed by atoms with Gasteiger partial charge in [0.25, 0.3) is 11.6 Å². The van der Waals surface area contributed by atoms with Gasteiger partial charge in [0, 0.05) is 17.2 Å². The number of ether oxygens (including phenoxy) is 1. The minimum atomic E-state index is -0.520. The van der Waals surface area contributed by atoms with E-state index in [2.05, 4.69) is 10.5 Å². The molecule has 0 saturated carbocycles. The fraction of sp³-hybridized carbons (Fsp3) is 0.0476. The number of benzene rings is 3. The summed E-state index contributed by atoms with van der Waals surface area (Å²) < 4.78 is 5.33. The summed E-state index contributed by atoms with van der Waals surface area (Å²) in [7, 11) is 0. The number of nitrogens with zero attached hydrogens (tertiary/aromatic N) is 2. The molecule has 1 aliphatic rings. The zero-order chi connectivity index (χ0) is 19.5. The molecule has 0 saturated heterocycles. The van der Waals surface area contributed by atoms with Crippen LogP contribution in [0.25, 0.3) is 11.1 Å². The van der Waals surface area contributed by atoms with Crippen LogP contribution in [-0.4, -0.2) is 23.1 Å². The van der Waals surface area contributed by atoms with Gasteiger partial charge in [0.15, 0.2) is 6.61 Å². The van der Waals surface area contributed by atoms with Gasteiger partial charge in [0.2, 0.25) is 0 Å². The molecular weight excluding hydrogens is 358 g/mol. The summed E-state index contributed by atoms with van der Waals surface area (Å²) in [6, 6.07) is 21.4. The Kier molecular flexibility index (Phi) is 4.55. The molecule has 138 valence electrons. The molecule has 1 amide bonds. The molecule has 0 aromatic heterocycles. The third-order valence-electron chi connectivity index (χ3n) is 4.35. The molecule has 3 aromatic carbocycles. The van der Waals surface area contributed by atoms with Crippen LogP contribution in [0.5, 0.6) is 5.75 Å². The molecule has 28 heavy (non-hydrogen) atoms. The first-order chi connectivity index (χ1) is 13.6. The summed E-state index contributed by atoms with van der Waals surface area (Å²) in [5.41, 5.74) is 7.13. The molecule has 7 heteroatoms. The number of hydrogen-bond donors (Lipinski definition) is 1. The Hall–Kier alpha value is -4.00. The number of nitro groups is 1. The first-order valence-corrected chi connectivity index (χ1v) is 8.56. The highest BCUT2D eigenvalue weighted by atomic mass is 16.6. The second-order valence-corrected chi connectivity index (χ2v) is 6.13. The average Bonchev–Trinajstić information content (AvgIpc) is 3.05. The van der Waals surface area contributed by atoms with Gasteiger partial charge in [-0.05, 0) is 17.2 Å². The summed E-state index contributed by atoms with van der Waals surface area (Å²) in [4.78, 5) is 22.4. The zero-order valence-corrected chi connectivity index (χ0v) is 14.7. The predicted molar refractivity (Wildman–Crippen MR) is 104 cm³/mol. The van der Waals surface area contributed by atoms with Gasteiger partial charge in [-0.3, -0.25) is 14.9 Å². The molecule has 0 aliphatic heterocycles. The lowest BCUT2D eigenvalue weighted by Gasteiger charge is -2.06. The standard InChI is InChI=1S/C21H15N3O4/c25-20(13-28-15-7-5-6-14(12-15)24(26)27)22-23-21-18-10-3-1-8-16(18)17-9-2-4-11-19(17)21/h1-12H,13H2,(H,22,25). The topological polar surface area (TPSA) is 93.8 Å². The molecule has 0 unspecified atom stereocenters. The van der Waals surface area contributed by atoms with E-state index in [1.54, 1.807) is 6.07 Å². The Morgan fingerprint density at radius 3 is 2.14 bits per heavy atom. The Morgan fingerprint density at radius 2 is 1.54 bits per heavy atom. The molecule has 3 aromatic rings. The van der Waals surface area contributed by atoms with Gasteiger partial charge in [-0.25, -0.2) is 5.43 Å². The SMILES string of the molecule is O=C(COc1cccc([N+](=O)[O-])c1)NN=C1c2ccccc2-c2ccccc21. The van der Waals surface area contributed by atoms with E-state index >= 15 is 0 Å². The van der Waals surface area contributed by atoms with E-state index in [9.17, 15) is 14.9 Å². The van der Waals surface area contributed by atoms with E-state index in [0.717, 1.165) is 22.3 Å². The molecule has 0 radical (unpaired) electrons. The van der Waals surface area contributed by atoms with E-state index in [4.69, 9.17) is 4.74 Å². The number of amides is 1. The molecule has 0 spiro atoms. The van der Waals surface area contributed by atoms with E-state index in [-0.39, 0.29) is 18.0 Å². The molecule has 0 atom stereocenters. The van der Waals surface area contributed by atoms with Crippen molar-refractivity contribution in [1.29, 1.82) is 0 Å². The van der Waals surface area contributed by atoms with Gasteiger partial charge < -0.3 is 4.74 Å². The minimum Gasteiger partial charge on any atom is -0.483 e. The third-order valence-corrected chi connectivity index (χ3v) is 4.35. The molecule has 4 rings (SSSR count). The van der Waals surface area contributed by atoms with Crippen molar-refractivity contribution < 1.29 is 14.5 Å². The zero-order valence-electron chi connectivity index (χ0n) is 14.7. The highest BCUT2D eigenvalue weighted by Crippen LogP contribution is 2.36. The quantitative estimate of drug-likeness (QED) is 0.428. The van der Waals surface area contributed by atoms with Crippen LogP contribution in [-0.2, 0) is 4.79 Å². The van der Waals surface area contributed by atoms with Gasteiger partial charge in [-0.2, -0.15) is 5.10 Å². The lowest BCUT2D eigenvalue weighted by molar-refractivity contribution is -0.384. The van der Waals surface area contributed by atoms with E-state index < -0.39 is 10.8 Å². The van der Waals surface area contributed by atoms with Crippen molar-refractivity contribution in [3.63, 3.8) is 0 Å². The minimum absolute atomic E-state index is 0.0997. The molecular formula is C21H15N3O4. The molecule has 0 fully saturated rings. The second kappa shape index (κ2) is 7.32. The highest BCUT2D eigenvalue weighted by molar-refractivity contribution is 6.24. The number of non-ortho nitro benzene ring substituents is 1. The first-order valence-electron chi connectivity index (χ1n) is 8.56. The molecule has 0 heterocycles. The Labute approximate surface area is 160 Å². The number of rotatable bonds is 5. The van der Waals surface area contributed by atoms with E-state index in [1.807, 2.05) is 48.5 Å². The average molecular weight is 373 g/mol. The van der Waals surface area contributed by atoms with Gasteiger partial charge in [-0.15, -0.1) is 0 Å². The maximum Gasteiger partial charge on any atom is 0.277 e. The molecule has 0 bridgehead atoms. The number of carbonyl (C=O) groups is 1. The monoisotopic (exact) mass is 373 g/mol. The fourth-order valence-electron chi connectivity index (χ4n) is 3.10. The van der Waals surface area contributed by atoms with Crippen LogP contribution in [0.3, 0.4) is 0 Å². The normalized spacial score (nSPS) is 11.4. The van der Waals surface area contributed by atoms with Crippen LogP contribution >= 0.6 is 0 Å². The van der Waals surface area contributed by atoms with Gasteiger partial charge >= 0.3 is 0 Å². The number of nitro benzene ring substituents is 1. The van der Waals surface area contributed by atoms with Crippen molar-refractivity contribution in [3.05, 3.63) is 94.0 Å². The highest BCUT2D eigenvalue weighted by Gasteiger charge is 2.24. The largest absolute Gasteiger partial charge is 0.483 e. The van der Waals surface area contributed by atoms with Crippen LogP contribution in [0.4, 0.5) is 5.69 Å². The van der Waals surface area contributed by atoms with Crippen LogP contribution < -0.4 is 10.2 Å². The van der Waals surface area contributed by atoms with Crippen molar-refractivity contribution >= 4 is 17.3 Å². The first kappa shape index (κ1) is 17.4. The third kappa shape index (κ3) is 3.33. The van der Waals surface area contributed by atoms with E-state index in [0.29, 0.717) is 5.71 Å². The van der Waals surface area contributed by atoms with Gasteiger partial charge in [0.05, 0.1) is 16.7 Å². The van der Waals surface area contributed by atoms with Crippen molar-refractivity contribution in [1.82, 2.24) is 5.43 Å². The summed E-state index contributed by atoms with van der Waals surface area (Å²) in [6.45, 7) is -0.304. The van der Waals surface area contributed by atoms with Crippen molar-refractivity contribution in [2.24, 2.45) is 5.10 Å². The molecule has 1 aliphatic carbocycles. The van der Waals surface area contributed by atoms with Crippen molar-refractivity contribution in [2.75, 3.05) is 6.61 Å². The van der Waals surface area contributed by atoms with Crippen LogP contribution in [0.2, 0.25) is 0 Å². The fourth-order valence-corrected chi connectivity index (χ4v) is 3.10. The number of hydrazone groups is 1. The Morgan fingerprint density at radius 1 is 0.929 bits per heavy atom. The Bertz CT molecular complexity index is 1060. The van der Waals surface area contributed by atoms with Crippen LogP contribution in [0.15, 0.2) is 77.9 Å². The number of carbonyl (C=O) groups excluding carboxylic acids is 1. The van der Waals surface area contributed by atoms with Crippen LogP contribution in [0.1, 0.15) is 11.1 Å². The number of nitrogens with one attached hydrogen (secondary N) is 1. The summed E-state index contributed by atoms with van der Waals surface area (Å²) in [5, 5.41) is 15.1. The smallest absolute Gasteiger partial charge is 0.277 e. The molecule has 1 N–H and O–H groups in total. The van der Waals surface area contributed by atoms with Crippen LogP contribution in [0, 0.1) is 10.1 Å².